The van der Waals surface area contributed by atoms with Crippen LogP contribution in [0.15, 0.2) is 48.5 Å². The van der Waals surface area contributed by atoms with E-state index in [-0.39, 0.29) is 11.7 Å². The predicted octanol–water partition coefficient (Wildman–Crippen LogP) is 2.79. The topological polar surface area (TPSA) is 93.5 Å². The number of nitrogens with two attached hydrogens (primary N) is 1. The van der Waals surface area contributed by atoms with Crippen molar-refractivity contribution in [1.82, 2.24) is 5.32 Å². The molecule has 0 atom stereocenters. The standard InChI is InChI=1S/C18H20FN3O3/c19-14-5-2-7-16(11-14)25-9-3-8-17(23)21-12-13-4-1-6-15(10-13)22-18(20)24/h1-2,4-7,10-11H,3,8-9,12H2,(H,21,23)(H3,20,22,24). The maximum absolute atomic E-state index is 13.0. The number of rotatable bonds is 8. The zero-order chi connectivity index (χ0) is 18.1. The molecule has 7 heteroatoms. The van der Waals surface area contributed by atoms with E-state index >= 15 is 0 Å². The molecule has 0 saturated heterocycles. The van der Waals surface area contributed by atoms with Gasteiger partial charge in [-0.25, -0.2) is 9.18 Å². The SMILES string of the molecule is NC(=O)Nc1cccc(CNC(=O)CCCOc2cccc(F)c2)c1. The first-order chi connectivity index (χ1) is 12.0. The number of carbonyl (C=O) groups excluding carboxylic acids is 2. The third-order valence-electron chi connectivity index (χ3n) is 3.30. The Morgan fingerprint density at radius 3 is 2.68 bits per heavy atom. The number of hydrogen-bond acceptors (Lipinski definition) is 3. The van der Waals surface area contributed by atoms with Crippen molar-refractivity contribution in [2.45, 2.75) is 19.4 Å². The lowest BCUT2D eigenvalue weighted by Gasteiger charge is -2.08. The largest absolute Gasteiger partial charge is 0.493 e. The molecule has 2 aromatic rings. The van der Waals surface area contributed by atoms with Gasteiger partial charge in [0.1, 0.15) is 11.6 Å². The predicted molar refractivity (Wildman–Crippen MR) is 92.6 cm³/mol. The van der Waals surface area contributed by atoms with Gasteiger partial charge in [0.25, 0.3) is 0 Å². The van der Waals surface area contributed by atoms with Crippen molar-refractivity contribution in [3.63, 3.8) is 0 Å². The van der Waals surface area contributed by atoms with Gasteiger partial charge in [-0.15, -0.1) is 0 Å². The first-order valence-corrected chi connectivity index (χ1v) is 7.83. The average Bonchev–Trinajstić information content (AvgIpc) is 2.57. The van der Waals surface area contributed by atoms with Crippen LogP contribution in [0.3, 0.4) is 0 Å². The van der Waals surface area contributed by atoms with Gasteiger partial charge in [-0.2, -0.15) is 0 Å². The molecule has 0 heterocycles. The number of hydrogen-bond donors (Lipinski definition) is 3. The first-order valence-electron chi connectivity index (χ1n) is 7.83. The summed E-state index contributed by atoms with van der Waals surface area (Å²) >= 11 is 0. The zero-order valence-corrected chi connectivity index (χ0v) is 13.6. The first kappa shape index (κ1) is 18.3. The number of urea groups is 1. The Kier molecular flexibility index (Phi) is 6.76. The van der Waals surface area contributed by atoms with Crippen molar-refractivity contribution >= 4 is 17.6 Å². The fourth-order valence-corrected chi connectivity index (χ4v) is 2.17. The van der Waals surface area contributed by atoms with Crippen LogP contribution in [-0.4, -0.2) is 18.5 Å². The molecule has 6 nitrogen and oxygen atoms in total. The normalized spacial score (nSPS) is 10.1. The molecule has 25 heavy (non-hydrogen) atoms. The Morgan fingerprint density at radius 2 is 1.92 bits per heavy atom. The van der Waals surface area contributed by atoms with Crippen molar-refractivity contribution in [3.8, 4) is 5.75 Å². The second-order valence-corrected chi connectivity index (χ2v) is 5.38. The lowest BCUT2D eigenvalue weighted by molar-refractivity contribution is -0.121. The molecule has 0 radical (unpaired) electrons. The molecule has 2 rings (SSSR count). The van der Waals surface area contributed by atoms with Crippen LogP contribution in [0, 0.1) is 5.82 Å². The summed E-state index contributed by atoms with van der Waals surface area (Å²) in [5.74, 6) is -0.0291. The van der Waals surface area contributed by atoms with Crippen molar-refractivity contribution in [1.29, 1.82) is 0 Å². The number of primary amides is 1. The van der Waals surface area contributed by atoms with Gasteiger partial charge in [0.15, 0.2) is 0 Å². The Bertz CT molecular complexity index is 737. The van der Waals surface area contributed by atoms with E-state index in [0.29, 0.717) is 37.4 Å². The van der Waals surface area contributed by atoms with Crippen LogP contribution in [-0.2, 0) is 11.3 Å². The molecule has 0 aliphatic carbocycles. The van der Waals surface area contributed by atoms with Gasteiger partial charge < -0.3 is 21.1 Å². The van der Waals surface area contributed by atoms with E-state index in [2.05, 4.69) is 10.6 Å². The fourth-order valence-electron chi connectivity index (χ4n) is 2.17. The molecule has 132 valence electrons. The summed E-state index contributed by atoms with van der Waals surface area (Å²) in [5, 5.41) is 5.27. The highest BCUT2D eigenvalue weighted by Crippen LogP contribution is 2.12. The third-order valence-corrected chi connectivity index (χ3v) is 3.30. The summed E-state index contributed by atoms with van der Waals surface area (Å²) in [6, 6.07) is 12.3. The molecule has 0 fully saturated rings. The van der Waals surface area contributed by atoms with Gasteiger partial charge in [-0.1, -0.05) is 18.2 Å². The highest BCUT2D eigenvalue weighted by molar-refractivity contribution is 5.87. The molecule has 0 saturated carbocycles. The van der Waals surface area contributed by atoms with Crippen LogP contribution < -0.4 is 21.1 Å². The van der Waals surface area contributed by atoms with Gasteiger partial charge >= 0.3 is 6.03 Å². The second kappa shape index (κ2) is 9.27. The van der Waals surface area contributed by atoms with Gasteiger partial charge in [0.05, 0.1) is 6.61 Å². The van der Waals surface area contributed by atoms with Crippen LogP contribution in [0.2, 0.25) is 0 Å². The van der Waals surface area contributed by atoms with Gasteiger partial charge in [-0.05, 0) is 36.2 Å². The summed E-state index contributed by atoms with van der Waals surface area (Å²) in [6.45, 7) is 0.673. The summed E-state index contributed by atoms with van der Waals surface area (Å²) in [6.07, 6.45) is 0.820. The second-order valence-electron chi connectivity index (χ2n) is 5.38. The number of halogens is 1. The summed E-state index contributed by atoms with van der Waals surface area (Å²) < 4.78 is 18.4. The molecule has 0 aliphatic rings. The van der Waals surface area contributed by atoms with E-state index in [1.807, 2.05) is 6.07 Å². The number of nitrogens with one attached hydrogen (secondary N) is 2. The lowest BCUT2D eigenvalue weighted by atomic mass is 10.2. The molecule has 2 aromatic carbocycles. The number of benzene rings is 2. The zero-order valence-electron chi connectivity index (χ0n) is 13.6. The number of amides is 3. The van der Waals surface area contributed by atoms with Gasteiger partial charge in [0, 0.05) is 24.7 Å². The van der Waals surface area contributed by atoms with Crippen molar-refractivity contribution < 1.29 is 18.7 Å². The number of carbonyl (C=O) groups is 2. The Morgan fingerprint density at radius 1 is 1.12 bits per heavy atom. The minimum Gasteiger partial charge on any atom is -0.493 e. The van der Waals surface area contributed by atoms with E-state index < -0.39 is 6.03 Å². The van der Waals surface area contributed by atoms with E-state index in [0.717, 1.165) is 5.56 Å². The molecule has 0 aromatic heterocycles. The maximum atomic E-state index is 13.0. The third kappa shape index (κ3) is 6.90. The van der Waals surface area contributed by atoms with Gasteiger partial charge in [-0.3, -0.25) is 4.79 Å². The minimum atomic E-state index is -0.639. The van der Waals surface area contributed by atoms with Crippen LogP contribution in [0.25, 0.3) is 0 Å². The Balaban J connectivity index is 1.68. The fraction of sp³-hybridized carbons (Fsp3) is 0.222. The van der Waals surface area contributed by atoms with Crippen molar-refractivity contribution in [2.24, 2.45) is 5.73 Å². The van der Waals surface area contributed by atoms with Crippen LogP contribution >= 0.6 is 0 Å². The Labute approximate surface area is 145 Å². The molecule has 0 unspecified atom stereocenters. The quantitative estimate of drug-likeness (QED) is 0.642. The van der Waals surface area contributed by atoms with E-state index in [1.54, 1.807) is 30.3 Å². The summed E-state index contributed by atoms with van der Waals surface area (Å²) in [4.78, 5) is 22.7. The molecule has 0 spiro atoms. The monoisotopic (exact) mass is 345 g/mol. The highest BCUT2D eigenvalue weighted by Gasteiger charge is 2.04. The smallest absolute Gasteiger partial charge is 0.316 e. The van der Waals surface area contributed by atoms with Crippen LogP contribution in [0.1, 0.15) is 18.4 Å². The van der Waals surface area contributed by atoms with Crippen molar-refractivity contribution in [2.75, 3.05) is 11.9 Å². The van der Waals surface area contributed by atoms with Crippen LogP contribution in [0.5, 0.6) is 5.75 Å². The molecular weight excluding hydrogens is 325 g/mol. The minimum absolute atomic E-state index is 0.115. The molecule has 0 bridgehead atoms. The van der Waals surface area contributed by atoms with E-state index in [1.165, 1.54) is 12.1 Å². The lowest BCUT2D eigenvalue weighted by Crippen LogP contribution is -2.23. The summed E-state index contributed by atoms with van der Waals surface area (Å²) in [7, 11) is 0. The van der Waals surface area contributed by atoms with Gasteiger partial charge in [0.2, 0.25) is 5.91 Å². The maximum Gasteiger partial charge on any atom is 0.316 e. The number of anilines is 1. The molecular formula is C18H20FN3O3. The summed E-state index contributed by atoms with van der Waals surface area (Å²) in [5.41, 5.74) is 6.48. The molecule has 0 aliphatic heterocycles. The van der Waals surface area contributed by atoms with Crippen molar-refractivity contribution in [3.05, 3.63) is 59.9 Å². The Hall–Kier alpha value is -3.09. The van der Waals surface area contributed by atoms with E-state index in [9.17, 15) is 14.0 Å². The average molecular weight is 345 g/mol. The highest BCUT2D eigenvalue weighted by atomic mass is 19.1. The van der Waals surface area contributed by atoms with Crippen LogP contribution in [0.4, 0.5) is 14.9 Å². The number of ether oxygens (including phenoxy) is 1. The molecule has 4 N–H and O–H groups in total. The molecule has 3 amide bonds. The van der Waals surface area contributed by atoms with E-state index in [4.69, 9.17) is 10.5 Å².